The van der Waals surface area contributed by atoms with Crippen LogP contribution in [0.15, 0.2) is 28.1 Å². The molecule has 1 N–H and O–H groups in total. The van der Waals surface area contributed by atoms with E-state index in [0.717, 1.165) is 25.8 Å². The van der Waals surface area contributed by atoms with Crippen LogP contribution < -0.4 is 10.1 Å². The van der Waals surface area contributed by atoms with Crippen LogP contribution in [-0.4, -0.2) is 6.61 Å². The predicted octanol–water partition coefficient (Wildman–Crippen LogP) is 6.39. The van der Waals surface area contributed by atoms with Crippen LogP contribution >= 0.6 is 50.5 Å². The van der Waals surface area contributed by atoms with Crippen molar-refractivity contribution in [2.24, 2.45) is 0 Å². The molecule has 0 fully saturated rings. The maximum absolute atomic E-state index is 6.11. The molecule has 1 heterocycles. The Bertz CT molecular complexity index is 603. The van der Waals surface area contributed by atoms with E-state index in [1.54, 1.807) is 0 Å². The van der Waals surface area contributed by atoms with E-state index < -0.39 is 0 Å². The average molecular weight is 395 g/mol. The molecule has 0 spiro atoms. The highest BCUT2D eigenvalue weighted by atomic mass is 79.9. The van der Waals surface area contributed by atoms with Gasteiger partial charge in [-0.2, -0.15) is 0 Å². The molecule has 0 aliphatic heterocycles. The van der Waals surface area contributed by atoms with Crippen molar-refractivity contribution in [1.82, 2.24) is 0 Å². The summed E-state index contributed by atoms with van der Waals surface area (Å²) in [5.41, 5.74) is 2.00. The molecule has 2 rings (SSSR count). The lowest BCUT2D eigenvalue weighted by Gasteiger charge is -2.19. The predicted molar refractivity (Wildman–Crippen MR) is 91.7 cm³/mol. The number of ether oxygens (including phenoxy) is 1. The fraction of sp³-hybridized carbons (Fsp3) is 0.286. The Balaban J connectivity index is 2.27. The largest absolute Gasteiger partial charge is 0.491 e. The van der Waals surface area contributed by atoms with Gasteiger partial charge in [0.05, 0.1) is 21.1 Å². The second-order valence-corrected chi connectivity index (χ2v) is 7.08. The zero-order valence-corrected chi connectivity index (χ0v) is 15.0. The first kappa shape index (κ1) is 16.0. The van der Waals surface area contributed by atoms with Crippen molar-refractivity contribution in [2.75, 3.05) is 11.9 Å². The maximum atomic E-state index is 6.11. The number of nitrogens with one attached hydrogen (secondary N) is 1. The Kier molecular flexibility index (Phi) is 5.61. The van der Waals surface area contributed by atoms with E-state index in [0.29, 0.717) is 11.6 Å². The van der Waals surface area contributed by atoms with Crippen LogP contribution in [0.4, 0.5) is 5.69 Å². The van der Waals surface area contributed by atoms with E-state index in [2.05, 4.69) is 28.2 Å². The maximum Gasteiger partial charge on any atom is 0.156 e. The van der Waals surface area contributed by atoms with Gasteiger partial charge in [0.15, 0.2) is 5.75 Å². The Labute approximate surface area is 141 Å². The molecule has 6 heteroatoms. The molecule has 108 valence electrons. The summed E-state index contributed by atoms with van der Waals surface area (Å²) in [4.78, 5) is 0. The van der Waals surface area contributed by atoms with Gasteiger partial charge in [-0.1, -0.05) is 23.2 Å². The second-order valence-electron chi connectivity index (χ2n) is 4.25. The first-order valence-electron chi connectivity index (χ1n) is 6.13. The third kappa shape index (κ3) is 3.82. The van der Waals surface area contributed by atoms with E-state index in [4.69, 9.17) is 27.9 Å². The van der Waals surface area contributed by atoms with Crippen LogP contribution in [0.3, 0.4) is 0 Å². The molecule has 1 atom stereocenters. The molecule has 1 aromatic heterocycles. The van der Waals surface area contributed by atoms with Crippen LogP contribution in [-0.2, 0) is 0 Å². The van der Waals surface area contributed by atoms with E-state index in [1.165, 1.54) is 11.3 Å². The molecule has 0 radical (unpaired) electrons. The third-order valence-corrected chi connectivity index (χ3v) is 4.67. The van der Waals surface area contributed by atoms with Crippen molar-refractivity contribution in [3.05, 3.63) is 43.0 Å². The monoisotopic (exact) mass is 393 g/mol. The van der Waals surface area contributed by atoms with Gasteiger partial charge in [0, 0.05) is 11.1 Å². The molecule has 2 aromatic rings. The van der Waals surface area contributed by atoms with Crippen molar-refractivity contribution >= 4 is 56.2 Å². The van der Waals surface area contributed by atoms with Gasteiger partial charge in [-0.15, -0.1) is 11.3 Å². The highest BCUT2D eigenvalue weighted by molar-refractivity contribution is 9.10. The van der Waals surface area contributed by atoms with Gasteiger partial charge in [-0.3, -0.25) is 0 Å². The molecular formula is C14H14BrCl2NOS. The number of rotatable bonds is 5. The minimum absolute atomic E-state index is 0.114. The molecule has 1 unspecified atom stereocenters. The Morgan fingerprint density at radius 3 is 2.70 bits per heavy atom. The smallest absolute Gasteiger partial charge is 0.156 e. The minimum atomic E-state index is 0.114. The standard InChI is InChI=1S/C14H14BrCl2NOS/c1-3-19-14-11(15)5-10(16)6-12(14)18-8(2)9-4-13(17)20-7-9/h4-8,18H,3H2,1-2H3. The Morgan fingerprint density at radius 2 is 2.10 bits per heavy atom. The van der Waals surface area contributed by atoms with Crippen LogP contribution in [0.5, 0.6) is 5.75 Å². The Hall–Kier alpha value is -0.420. The van der Waals surface area contributed by atoms with Crippen molar-refractivity contribution in [2.45, 2.75) is 19.9 Å². The van der Waals surface area contributed by atoms with Crippen molar-refractivity contribution < 1.29 is 4.74 Å². The molecule has 0 bridgehead atoms. The van der Waals surface area contributed by atoms with Gasteiger partial charge in [0.2, 0.25) is 0 Å². The first-order chi connectivity index (χ1) is 9.51. The summed E-state index contributed by atoms with van der Waals surface area (Å²) in [6, 6.07) is 5.76. The van der Waals surface area contributed by atoms with Gasteiger partial charge in [0.1, 0.15) is 0 Å². The quantitative estimate of drug-likeness (QED) is 0.634. The second kappa shape index (κ2) is 7.03. The SMILES string of the molecule is CCOc1c(Br)cc(Cl)cc1NC(C)c1csc(Cl)c1. The van der Waals surface area contributed by atoms with Gasteiger partial charge in [-0.05, 0) is 58.9 Å². The molecule has 20 heavy (non-hydrogen) atoms. The summed E-state index contributed by atoms with van der Waals surface area (Å²) in [6.45, 7) is 4.61. The fourth-order valence-corrected chi connectivity index (χ4v) is 3.73. The third-order valence-electron chi connectivity index (χ3n) is 2.76. The first-order valence-corrected chi connectivity index (χ1v) is 8.56. The van der Waals surface area contributed by atoms with Gasteiger partial charge < -0.3 is 10.1 Å². The van der Waals surface area contributed by atoms with Crippen molar-refractivity contribution in [3.63, 3.8) is 0 Å². The number of hydrogen-bond acceptors (Lipinski definition) is 3. The highest BCUT2D eigenvalue weighted by Crippen LogP contribution is 2.38. The normalized spacial score (nSPS) is 12.2. The molecule has 0 saturated heterocycles. The molecule has 0 saturated carbocycles. The lowest BCUT2D eigenvalue weighted by Crippen LogP contribution is -2.08. The number of benzene rings is 1. The number of halogens is 3. The van der Waals surface area contributed by atoms with E-state index in [9.17, 15) is 0 Å². The number of anilines is 1. The van der Waals surface area contributed by atoms with E-state index >= 15 is 0 Å². The average Bonchev–Trinajstić information content (AvgIpc) is 2.80. The molecule has 0 amide bonds. The fourth-order valence-electron chi connectivity index (χ4n) is 1.83. The van der Waals surface area contributed by atoms with Crippen molar-refractivity contribution in [1.29, 1.82) is 0 Å². The summed E-state index contributed by atoms with van der Waals surface area (Å²) in [5.74, 6) is 0.769. The zero-order chi connectivity index (χ0) is 14.7. The lowest BCUT2D eigenvalue weighted by molar-refractivity contribution is 0.339. The lowest BCUT2D eigenvalue weighted by atomic mass is 10.1. The van der Waals surface area contributed by atoms with E-state index in [1.807, 2.05) is 30.5 Å². The van der Waals surface area contributed by atoms with Gasteiger partial charge in [-0.25, -0.2) is 0 Å². The minimum Gasteiger partial charge on any atom is -0.491 e. The highest BCUT2D eigenvalue weighted by Gasteiger charge is 2.14. The summed E-state index contributed by atoms with van der Waals surface area (Å²) >= 11 is 17.1. The summed E-state index contributed by atoms with van der Waals surface area (Å²) in [6.07, 6.45) is 0. The molecule has 0 aliphatic rings. The van der Waals surface area contributed by atoms with Gasteiger partial charge >= 0.3 is 0 Å². The number of hydrogen-bond donors (Lipinski definition) is 1. The molecule has 1 aromatic carbocycles. The van der Waals surface area contributed by atoms with Crippen LogP contribution in [0.1, 0.15) is 25.5 Å². The molecule has 2 nitrogen and oxygen atoms in total. The number of thiophene rings is 1. The summed E-state index contributed by atoms with van der Waals surface area (Å²) in [5, 5.41) is 6.11. The van der Waals surface area contributed by atoms with Crippen LogP contribution in [0.25, 0.3) is 0 Å². The van der Waals surface area contributed by atoms with Crippen LogP contribution in [0.2, 0.25) is 9.36 Å². The summed E-state index contributed by atoms with van der Waals surface area (Å²) < 4.78 is 7.29. The molecular weight excluding hydrogens is 381 g/mol. The van der Waals surface area contributed by atoms with E-state index in [-0.39, 0.29) is 6.04 Å². The Morgan fingerprint density at radius 1 is 1.35 bits per heavy atom. The van der Waals surface area contributed by atoms with Crippen LogP contribution in [0, 0.1) is 0 Å². The zero-order valence-electron chi connectivity index (χ0n) is 11.0. The molecule has 0 aliphatic carbocycles. The topological polar surface area (TPSA) is 21.3 Å². The van der Waals surface area contributed by atoms with Gasteiger partial charge in [0.25, 0.3) is 0 Å². The van der Waals surface area contributed by atoms with Crippen molar-refractivity contribution in [3.8, 4) is 5.75 Å². The summed E-state index contributed by atoms with van der Waals surface area (Å²) in [7, 11) is 0.